The van der Waals surface area contributed by atoms with Crippen LogP contribution in [0.5, 0.6) is 11.5 Å². The minimum atomic E-state index is 0.0947. The number of piperazine rings is 1. The van der Waals surface area contributed by atoms with E-state index in [2.05, 4.69) is 15.1 Å². The molecule has 1 aliphatic rings. The first kappa shape index (κ1) is 21.0. The van der Waals surface area contributed by atoms with Crippen molar-refractivity contribution in [2.45, 2.75) is 12.1 Å². The number of carbonyl (C=O) groups excluding carboxylic acids is 1. The lowest BCUT2D eigenvalue weighted by atomic mass is 10.2. The molecule has 31 heavy (non-hydrogen) atoms. The molecular formula is C22H25N5O3S. The van der Waals surface area contributed by atoms with Crippen molar-refractivity contribution in [3.8, 4) is 17.2 Å². The Bertz CT molecular complexity index is 1030. The zero-order valence-electron chi connectivity index (χ0n) is 17.6. The molecular weight excluding hydrogens is 414 g/mol. The van der Waals surface area contributed by atoms with Crippen molar-refractivity contribution in [1.29, 1.82) is 0 Å². The molecule has 4 rings (SSSR count). The van der Waals surface area contributed by atoms with Gasteiger partial charge in [0, 0.05) is 37.6 Å². The van der Waals surface area contributed by atoms with E-state index in [1.807, 2.05) is 52.8 Å². The molecule has 0 aliphatic carbocycles. The van der Waals surface area contributed by atoms with Crippen LogP contribution in [0, 0.1) is 6.92 Å². The molecule has 0 saturated carbocycles. The highest BCUT2D eigenvalue weighted by Crippen LogP contribution is 2.24. The number of hydrogen-bond acceptors (Lipinski definition) is 7. The van der Waals surface area contributed by atoms with Gasteiger partial charge in [-0.25, -0.2) is 0 Å². The van der Waals surface area contributed by atoms with Gasteiger partial charge in [0.15, 0.2) is 5.16 Å². The second kappa shape index (κ2) is 9.30. The lowest BCUT2D eigenvalue weighted by molar-refractivity contribution is -0.128. The van der Waals surface area contributed by atoms with Gasteiger partial charge in [-0.15, -0.1) is 10.2 Å². The van der Waals surface area contributed by atoms with E-state index >= 15 is 0 Å². The van der Waals surface area contributed by atoms with E-state index in [0.717, 1.165) is 36.0 Å². The van der Waals surface area contributed by atoms with Gasteiger partial charge in [0.1, 0.15) is 17.3 Å². The van der Waals surface area contributed by atoms with Crippen LogP contribution in [0.3, 0.4) is 0 Å². The Kier molecular flexibility index (Phi) is 6.31. The third kappa shape index (κ3) is 4.77. The molecule has 1 aromatic heterocycles. The van der Waals surface area contributed by atoms with Crippen molar-refractivity contribution in [1.82, 2.24) is 19.7 Å². The number of amides is 1. The molecule has 2 aromatic carbocycles. The summed E-state index contributed by atoms with van der Waals surface area (Å²) in [6.45, 7) is 4.77. The molecule has 2 heterocycles. The second-order valence-corrected chi connectivity index (χ2v) is 8.18. The molecule has 1 fully saturated rings. The molecule has 1 N–H and O–H groups in total. The highest BCUT2D eigenvalue weighted by molar-refractivity contribution is 7.99. The van der Waals surface area contributed by atoms with Crippen LogP contribution in [0.25, 0.3) is 5.69 Å². The largest absolute Gasteiger partial charge is 0.508 e. The van der Waals surface area contributed by atoms with Crippen molar-refractivity contribution in [3.63, 3.8) is 0 Å². The highest BCUT2D eigenvalue weighted by Gasteiger charge is 2.22. The summed E-state index contributed by atoms with van der Waals surface area (Å²) in [5.41, 5.74) is 1.99. The minimum Gasteiger partial charge on any atom is -0.508 e. The summed E-state index contributed by atoms with van der Waals surface area (Å²) < 4.78 is 7.17. The average Bonchev–Trinajstić information content (AvgIpc) is 3.18. The lowest BCUT2D eigenvalue weighted by Crippen LogP contribution is -2.49. The maximum atomic E-state index is 12.8. The van der Waals surface area contributed by atoms with Gasteiger partial charge < -0.3 is 19.6 Å². The lowest BCUT2D eigenvalue weighted by Gasteiger charge is -2.36. The zero-order valence-corrected chi connectivity index (χ0v) is 18.4. The average molecular weight is 440 g/mol. The molecule has 0 atom stereocenters. The molecule has 0 bridgehead atoms. The molecule has 9 heteroatoms. The Balaban J connectivity index is 1.35. The van der Waals surface area contributed by atoms with Crippen molar-refractivity contribution in [2.75, 3.05) is 43.9 Å². The number of anilines is 1. The quantitative estimate of drug-likeness (QED) is 0.591. The summed E-state index contributed by atoms with van der Waals surface area (Å²) in [6.07, 6.45) is 0. The summed E-state index contributed by atoms with van der Waals surface area (Å²) in [7, 11) is 1.64. The third-order valence-corrected chi connectivity index (χ3v) is 6.21. The monoisotopic (exact) mass is 439 g/mol. The van der Waals surface area contributed by atoms with Crippen LogP contribution in [0.2, 0.25) is 0 Å². The van der Waals surface area contributed by atoms with E-state index in [9.17, 15) is 9.90 Å². The first-order valence-electron chi connectivity index (χ1n) is 10.1. The number of hydrogen-bond donors (Lipinski definition) is 1. The number of methoxy groups -OCH3 is 1. The summed E-state index contributed by atoms with van der Waals surface area (Å²) in [5.74, 6) is 2.21. The minimum absolute atomic E-state index is 0.0947. The summed E-state index contributed by atoms with van der Waals surface area (Å²) in [5, 5.41) is 18.6. The van der Waals surface area contributed by atoms with Gasteiger partial charge in [-0.1, -0.05) is 11.8 Å². The van der Waals surface area contributed by atoms with E-state index in [4.69, 9.17) is 4.74 Å². The number of carbonyl (C=O) groups is 1. The molecule has 0 unspecified atom stereocenters. The van der Waals surface area contributed by atoms with Gasteiger partial charge in [0.2, 0.25) is 5.91 Å². The number of benzene rings is 2. The van der Waals surface area contributed by atoms with Gasteiger partial charge in [-0.2, -0.15) is 0 Å². The molecule has 1 saturated heterocycles. The topological polar surface area (TPSA) is 83.7 Å². The number of thioether (sulfide) groups is 1. The Labute approximate surface area is 185 Å². The van der Waals surface area contributed by atoms with E-state index in [1.54, 1.807) is 19.2 Å². The molecule has 1 amide bonds. The summed E-state index contributed by atoms with van der Waals surface area (Å²) in [4.78, 5) is 16.9. The predicted molar refractivity (Wildman–Crippen MR) is 120 cm³/mol. The fourth-order valence-electron chi connectivity index (χ4n) is 3.56. The molecule has 1 aliphatic heterocycles. The number of aromatic hydroxyl groups is 1. The van der Waals surface area contributed by atoms with Crippen LogP contribution in [0.15, 0.2) is 53.7 Å². The second-order valence-electron chi connectivity index (χ2n) is 7.24. The van der Waals surface area contributed by atoms with Crippen LogP contribution in [-0.4, -0.2) is 69.7 Å². The highest BCUT2D eigenvalue weighted by atomic mass is 32.2. The van der Waals surface area contributed by atoms with Crippen LogP contribution in [-0.2, 0) is 4.79 Å². The van der Waals surface area contributed by atoms with Crippen molar-refractivity contribution in [2.24, 2.45) is 0 Å². The van der Waals surface area contributed by atoms with Crippen molar-refractivity contribution in [3.05, 3.63) is 54.4 Å². The summed E-state index contributed by atoms with van der Waals surface area (Å²) in [6, 6.07) is 14.8. The normalized spacial score (nSPS) is 14.0. The Morgan fingerprint density at radius 2 is 1.65 bits per heavy atom. The Hall–Kier alpha value is -3.20. The number of phenolic OH excluding ortho intramolecular Hbond substituents is 1. The molecule has 0 radical (unpaired) electrons. The van der Waals surface area contributed by atoms with E-state index in [-0.39, 0.29) is 11.7 Å². The standard InChI is InChI=1S/C22H25N5O3S/c1-16-23-24-22(27(16)18-5-9-20(30-2)10-6-18)31-15-21(29)26-13-11-25(12-14-26)17-3-7-19(28)8-4-17/h3-10,28H,11-15H2,1-2H3. The smallest absolute Gasteiger partial charge is 0.233 e. The zero-order chi connectivity index (χ0) is 21.8. The molecule has 162 valence electrons. The van der Waals surface area contributed by atoms with Crippen LogP contribution in [0.4, 0.5) is 5.69 Å². The number of aromatic nitrogens is 3. The van der Waals surface area contributed by atoms with Crippen LogP contribution < -0.4 is 9.64 Å². The van der Waals surface area contributed by atoms with Gasteiger partial charge in [0.05, 0.1) is 12.9 Å². The van der Waals surface area contributed by atoms with Crippen LogP contribution >= 0.6 is 11.8 Å². The van der Waals surface area contributed by atoms with Gasteiger partial charge in [-0.3, -0.25) is 9.36 Å². The molecule has 3 aromatic rings. The van der Waals surface area contributed by atoms with Gasteiger partial charge in [-0.05, 0) is 55.5 Å². The number of ether oxygens (including phenoxy) is 1. The first-order valence-corrected chi connectivity index (χ1v) is 11.0. The summed E-state index contributed by atoms with van der Waals surface area (Å²) >= 11 is 1.40. The van der Waals surface area contributed by atoms with E-state index in [1.165, 1.54) is 11.8 Å². The van der Waals surface area contributed by atoms with Gasteiger partial charge >= 0.3 is 0 Å². The molecule has 0 spiro atoms. The van der Waals surface area contributed by atoms with Crippen molar-refractivity contribution >= 4 is 23.4 Å². The maximum absolute atomic E-state index is 12.8. The van der Waals surface area contributed by atoms with Gasteiger partial charge in [0.25, 0.3) is 0 Å². The maximum Gasteiger partial charge on any atom is 0.233 e. The Morgan fingerprint density at radius 3 is 2.29 bits per heavy atom. The fourth-order valence-corrected chi connectivity index (χ4v) is 4.46. The number of rotatable bonds is 6. The van der Waals surface area contributed by atoms with E-state index < -0.39 is 0 Å². The number of nitrogens with zero attached hydrogens (tertiary/aromatic N) is 5. The molecule has 8 nitrogen and oxygen atoms in total. The predicted octanol–water partition coefficient (Wildman–Crippen LogP) is 2.73. The van der Waals surface area contributed by atoms with Crippen LogP contribution in [0.1, 0.15) is 5.82 Å². The Morgan fingerprint density at radius 1 is 1.00 bits per heavy atom. The van der Waals surface area contributed by atoms with Crippen molar-refractivity contribution < 1.29 is 14.6 Å². The number of phenols is 1. The first-order chi connectivity index (χ1) is 15.0. The van der Waals surface area contributed by atoms with E-state index in [0.29, 0.717) is 24.0 Å². The SMILES string of the molecule is COc1ccc(-n2c(C)nnc2SCC(=O)N2CCN(c3ccc(O)cc3)CC2)cc1. The number of aryl methyl sites for hydroxylation is 1. The third-order valence-electron chi connectivity index (χ3n) is 5.30. The fraction of sp³-hybridized carbons (Fsp3) is 0.318.